The first-order valence-corrected chi connectivity index (χ1v) is 17.9. The number of fused-ring (bicyclic) bond motifs is 12. The molecule has 2 heteroatoms. The third-order valence-electron chi connectivity index (χ3n) is 11.8. The Morgan fingerprint density at radius 3 is 1.04 bits per heavy atom. The van der Waals surface area contributed by atoms with E-state index in [4.69, 9.17) is 8.83 Å². The number of benzene rings is 9. The van der Waals surface area contributed by atoms with Gasteiger partial charge in [0.2, 0.25) is 0 Å². The first kappa shape index (κ1) is 26.9. The van der Waals surface area contributed by atoms with Crippen LogP contribution < -0.4 is 0 Å². The van der Waals surface area contributed by atoms with Crippen LogP contribution in [-0.4, -0.2) is 0 Å². The molecule has 238 valence electrons. The van der Waals surface area contributed by atoms with Gasteiger partial charge in [-0.05, 0) is 125 Å². The summed E-state index contributed by atoms with van der Waals surface area (Å²) in [6.07, 6.45) is 0. The van der Waals surface area contributed by atoms with Crippen LogP contribution in [0.25, 0.3) is 132 Å². The summed E-state index contributed by atoms with van der Waals surface area (Å²) in [4.78, 5) is 0. The van der Waals surface area contributed by atoms with Gasteiger partial charge in [0.1, 0.15) is 22.3 Å². The molecule has 0 aliphatic heterocycles. The number of furan rings is 2. The number of hydrogen-bond acceptors (Lipinski definition) is 2. The molecule has 0 N–H and O–H groups in total. The summed E-state index contributed by atoms with van der Waals surface area (Å²) >= 11 is 0. The Hall–Kier alpha value is -6.90. The van der Waals surface area contributed by atoms with Crippen LogP contribution in [0.15, 0.2) is 167 Å². The van der Waals surface area contributed by atoms with Gasteiger partial charge < -0.3 is 8.83 Å². The van der Waals surface area contributed by atoms with Gasteiger partial charge in [0, 0.05) is 21.5 Å². The minimum absolute atomic E-state index is 0.867. The van der Waals surface area contributed by atoms with Gasteiger partial charge in [0.25, 0.3) is 0 Å². The molecule has 13 rings (SSSR count). The van der Waals surface area contributed by atoms with Crippen molar-refractivity contribution in [3.63, 3.8) is 0 Å². The zero-order valence-corrected chi connectivity index (χ0v) is 27.8. The third kappa shape index (κ3) is 3.35. The zero-order chi connectivity index (χ0) is 33.7. The molecule has 0 amide bonds. The summed E-state index contributed by atoms with van der Waals surface area (Å²) in [6, 6.07) is 57.5. The normalized spacial score (nSPS) is 12.6. The van der Waals surface area contributed by atoms with E-state index in [2.05, 4.69) is 158 Å². The second-order valence-corrected chi connectivity index (χ2v) is 14.3. The van der Waals surface area contributed by atoms with Crippen LogP contribution >= 0.6 is 0 Å². The predicted molar refractivity (Wildman–Crippen MR) is 216 cm³/mol. The lowest BCUT2D eigenvalue weighted by Crippen LogP contribution is -1.83. The van der Waals surface area contributed by atoms with Crippen molar-refractivity contribution in [1.29, 1.82) is 0 Å². The first-order valence-electron chi connectivity index (χ1n) is 17.9. The van der Waals surface area contributed by atoms with E-state index < -0.39 is 0 Å². The fourth-order valence-electron chi connectivity index (χ4n) is 9.50. The van der Waals surface area contributed by atoms with Crippen molar-refractivity contribution in [2.75, 3.05) is 0 Å². The SMILES string of the molecule is c1ccc2c(c1)-c1cccc3c(-c4ccc5oc6cc7c(cc6c5c4)oc4ccc(-c5ccc6c8c(cccc58)-c5ccccc5-6)cc47)ccc-2c13. The summed E-state index contributed by atoms with van der Waals surface area (Å²) in [7, 11) is 0. The Labute approximate surface area is 297 Å². The molecular weight excluding hydrogens is 633 g/mol. The molecule has 2 aliphatic rings. The number of rotatable bonds is 2. The van der Waals surface area contributed by atoms with Crippen LogP contribution in [0.3, 0.4) is 0 Å². The maximum absolute atomic E-state index is 6.54. The van der Waals surface area contributed by atoms with Gasteiger partial charge in [-0.3, -0.25) is 0 Å². The summed E-state index contributed by atoms with van der Waals surface area (Å²) in [5.41, 5.74) is 18.8. The third-order valence-corrected chi connectivity index (χ3v) is 11.8. The fraction of sp³-hybridized carbons (Fsp3) is 0. The molecule has 0 fully saturated rings. The molecule has 0 bridgehead atoms. The Bertz CT molecular complexity index is 3120. The fourth-order valence-corrected chi connectivity index (χ4v) is 9.50. The van der Waals surface area contributed by atoms with Crippen molar-refractivity contribution in [2.24, 2.45) is 0 Å². The molecule has 0 radical (unpaired) electrons. The Morgan fingerprint density at radius 2 is 0.596 bits per heavy atom. The molecule has 0 saturated carbocycles. The molecule has 0 spiro atoms. The van der Waals surface area contributed by atoms with Gasteiger partial charge in [0.05, 0.1) is 0 Å². The summed E-state index contributed by atoms with van der Waals surface area (Å²) in [5, 5.41) is 9.54. The molecule has 2 aliphatic carbocycles. The van der Waals surface area contributed by atoms with Crippen LogP contribution in [0.2, 0.25) is 0 Å². The largest absolute Gasteiger partial charge is 0.456 e. The van der Waals surface area contributed by atoms with E-state index in [1.807, 2.05) is 0 Å². The topological polar surface area (TPSA) is 26.3 Å². The highest BCUT2D eigenvalue weighted by Crippen LogP contribution is 2.51. The van der Waals surface area contributed by atoms with Crippen LogP contribution in [0, 0.1) is 0 Å². The average Bonchev–Trinajstić information content (AvgIpc) is 3.93. The van der Waals surface area contributed by atoms with E-state index in [-0.39, 0.29) is 0 Å². The van der Waals surface area contributed by atoms with Crippen molar-refractivity contribution in [2.45, 2.75) is 0 Å². The molecule has 0 saturated heterocycles. The highest BCUT2D eigenvalue weighted by molar-refractivity contribution is 6.21. The minimum atomic E-state index is 0.867. The van der Waals surface area contributed by atoms with Crippen molar-refractivity contribution in [3.05, 3.63) is 158 Å². The van der Waals surface area contributed by atoms with Crippen molar-refractivity contribution in [1.82, 2.24) is 0 Å². The van der Waals surface area contributed by atoms with Crippen LogP contribution in [0.4, 0.5) is 0 Å². The second-order valence-electron chi connectivity index (χ2n) is 14.3. The minimum Gasteiger partial charge on any atom is -0.456 e. The van der Waals surface area contributed by atoms with E-state index >= 15 is 0 Å². The molecule has 2 heterocycles. The summed E-state index contributed by atoms with van der Waals surface area (Å²) in [6.45, 7) is 0. The Kier molecular flexibility index (Phi) is 4.89. The summed E-state index contributed by atoms with van der Waals surface area (Å²) < 4.78 is 13.1. The van der Waals surface area contributed by atoms with Crippen molar-refractivity contribution >= 4 is 65.4 Å². The van der Waals surface area contributed by atoms with E-state index in [1.165, 1.54) is 88.3 Å². The average molecular weight is 659 g/mol. The molecule has 2 aromatic heterocycles. The molecule has 0 atom stereocenters. The molecule has 0 unspecified atom stereocenters. The highest BCUT2D eigenvalue weighted by Gasteiger charge is 2.24. The van der Waals surface area contributed by atoms with Gasteiger partial charge in [-0.2, -0.15) is 0 Å². The van der Waals surface area contributed by atoms with Crippen molar-refractivity contribution in [3.8, 4) is 66.8 Å². The number of hydrogen-bond donors (Lipinski definition) is 0. The molecule has 11 aromatic rings. The van der Waals surface area contributed by atoms with E-state index in [0.717, 1.165) is 43.9 Å². The van der Waals surface area contributed by atoms with Gasteiger partial charge in [0.15, 0.2) is 0 Å². The van der Waals surface area contributed by atoms with E-state index in [9.17, 15) is 0 Å². The molecule has 9 aromatic carbocycles. The maximum atomic E-state index is 6.54. The Morgan fingerprint density at radius 1 is 0.231 bits per heavy atom. The lowest BCUT2D eigenvalue weighted by molar-refractivity contribution is 0.664. The van der Waals surface area contributed by atoms with Crippen LogP contribution in [0.1, 0.15) is 0 Å². The lowest BCUT2D eigenvalue weighted by Gasteiger charge is -2.10. The Balaban J connectivity index is 0.962. The van der Waals surface area contributed by atoms with E-state index in [0.29, 0.717) is 0 Å². The van der Waals surface area contributed by atoms with Crippen LogP contribution in [-0.2, 0) is 0 Å². The quantitative estimate of drug-likeness (QED) is 0.185. The zero-order valence-electron chi connectivity index (χ0n) is 27.8. The predicted octanol–water partition coefficient (Wildman–Crippen LogP) is 14.4. The van der Waals surface area contributed by atoms with Crippen molar-refractivity contribution < 1.29 is 8.83 Å². The summed E-state index contributed by atoms with van der Waals surface area (Å²) in [5.74, 6) is 0. The lowest BCUT2D eigenvalue weighted by atomic mass is 9.93. The van der Waals surface area contributed by atoms with Gasteiger partial charge in [-0.15, -0.1) is 0 Å². The standard InChI is InChI=1S/C50H26O2/c1-3-9-33-31(7-1)37-13-5-11-35-29(17-19-39(33)49(35)37)27-15-21-45-41(23-27)43-25-48-44(26-47(43)51-45)42-24-28(16-22-46(42)52-48)30-18-20-40-34-10-4-2-8-32(34)38-14-6-12-36(30)50(38)40/h1-26H. The first-order chi connectivity index (χ1) is 25.8. The maximum Gasteiger partial charge on any atom is 0.136 e. The second kappa shape index (κ2) is 9.45. The highest BCUT2D eigenvalue weighted by atomic mass is 16.3. The monoisotopic (exact) mass is 658 g/mol. The van der Waals surface area contributed by atoms with Gasteiger partial charge in [-0.1, -0.05) is 121 Å². The smallest absolute Gasteiger partial charge is 0.136 e. The van der Waals surface area contributed by atoms with Gasteiger partial charge >= 0.3 is 0 Å². The molecule has 52 heavy (non-hydrogen) atoms. The van der Waals surface area contributed by atoms with E-state index in [1.54, 1.807) is 0 Å². The van der Waals surface area contributed by atoms with Gasteiger partial charge in [-0.25, -0.2) is 0 Å². The molecule has 2 nitrogen and oxygen atoms in total. The van der Waals surface area contributed by atoms with Crippen LogP contribution in [0.5, 0.6) is 0 Å². The molecular formula is C50H26O2.